The molecular weight excluding hydrogens is 619 g/mol. The molecule has 1 aliphatic rings. The lowest BCUT2D eigenvalue weighted by Crippen LogP contribution is -2.30. The van der Waals surface area contributed by atoms with Crippen molar-refractivity contribution in [3.8, 4) is 22.8 Å². The normalized spacial score (nSPS) is 15.4. The standard InChI is InChI=1S/C30H23F5N6O3S/c1-17(2)23-13-20(31)7-12-25(23)41-26(42)15-45-29(41)38-28(43)36-14-24(32)18-3-5-19(6-4-18)27-37-16-40(39-27)21-8-10-22(11-9-21)44-30(33,34)35/h3-14,16-17,24H,15H2,1-2H3. The molecule has 0 N–H and O–H groups in total. The van der Waals surface area contributed by atoms with Crippen LogP contribution in [0.5, 0.6) is 5.75 Å². The number of amides is 3. The lowest BCUT2D eigenvalue weighted by atomic mass is 10.0. The lowest BCUT2D eigenvalue weighted by molar-refractivity contribution is -0.274. The van der Waals surface area contributed by atoms with Gasteiger partial charge in [0.1, 0.15) is 17.9 Å². The summed E-state index contributed by atoms with van der Waals surface area (Å²) in [5.74, 6) is -0.973. The summed E-state index contributed by atoms with van der Waals surface area (Å²) in [6.07, 6.45) is -4.39. The van der Waals surface area contributed by atoms with Gasteiger partial charge in [0, 0.05) is 11.8 Å². The third-order valence-corrected chi connectivity index (χ3v) is 7.36. The summed E-state index contributed by atoms with van der Waals surface area (Å²) in [6, 6.07) is 14.1. The van der Waals surface area contributed by atoms with Gasteiger partial charge in [0.05, 0.1) is 17.1 Å². The zero-order chi connectivity index (χ0) is 32.3. The van der Waals surface area contributed by atoms with E-state index in [1.54, 1.807) is 12.1 Å². The molecule has 15 heteroatoms. The highest BCUT2D eigenvalue weighted by Crippen LogP contribution is 2.34. The van der Waals surface area contributed by atoms with E-state index in [1.165, 1.54) is 58.4 Å². The maximum atomic E-state index is 14.9. The second-order valence-electron chi connectivity index (χ2n) is 9.91. The Kier molecular flexibility index (Phi) is 9.09. The molecule has 0 aliphatic carbocycles. The first-order chi connectivity index (χ1) is 21.4. The van der Waals surface area contributed by atoms with Crippen LogP contribution in [0.25, 0.3) is 17.1 Å². The molecule has 1 aromatic heterocycles. The zero-order valence-corrected chi connectivity index (χ0v) is 24.4. The van der Waals surface area contributed by atoms with Crippen LogP contribution in [0.1, 0.15) is 37.1 Å². The van der Waals surface area contributed by atoms with Crippen molar-refractivity contribution in [3.63, 3.8) is 0 Å². The molecule has 2 heterocycles. The van der Waals surface area contributed by atoms with Gasteiger partial charge in [-0.25, -0.2) is 28.2 Å². The van der Waals surface area contributed by atoms with Gasteiger partial charge in [-0.3, -0.25) is 9.69 Å². The minimum atomic E-state index is -4.80. The van der Waals surface area contributed by atoms with Crippen LogP contribution in [0.3, 0.4) is 0 Å². The largest absolute Gasteiger partial charge is 0.573 e. The van der Waals surface area contributed by atoms with Crippen LogP contribution in [0.2, 0.25) is 0 Å². The Labute approximate surface area is 257 Å². The molecule has 1 saturated heterocycles. The van der Waals surface area contributed by atoms with Crippen molar-refractivity contribution in [2.75, 3.05) is 10.7 Å². The first-order valence-corrected chi connectivity index (χ1v) is 14.3. The predicted octanol–water partition coefficient (Wildman–Crippen LogP) is 7.43. The minimum absolute atomic E-state index is 0.0269. The van der Waals surface area contributed by atoms with E-state index in [9.17, 15) is 31.5 Å². The Bertz CT molecular complexity index is 1770. The SMILES string of the molecule is CC(C)c1cc(F)ccc1N1C(=O)CSC1=NC(=O)N=CC(F)c1ccc(-c2ncn(-c3ccc(OC(F)(F)F)cc3)n2)cc1. The molecule has 3 aromatic carbocycles. The van der Waals surface area contributed by atoms with Crippen molar-refractivity contribution in [2.24, 2.45) is 9.98 Å². The monoisotopic (exact) mass is 642 g/mol. The maximum Gasteiger partial charge on any atom is 0.573 e. The first-order valence-electron chi connectivity index (χ1n) is 13.3. The summed E-state index contributed by atoms with van der Waals surface area (Å²) in [5, 5.41) is 4.37. The highest BCUT2D eigenvalue weighted by Gasteiger charge is 2.33. The van der Waals surface area contributed by atoms with E-state index >= 15 is 0 Å². The van der Waals surface area contributed by atoms with Crippen LogP contribution in [-0.4, -0.2) is 50.2 Å². The number of nitrogens with zero attached hydrogens (tertiary/aromatic N) is 6. The molecule has 3 amide bonds. The van der Waals surface area contributed by atoms with Crippen molar-refractivity contribution in [1.29, 1.82) is 0 Å². The van der Waals surface area contributed by atoms with Gasteiger partial charge in [0.15, 0.2) is 17.2 Å². The van der Waals surface area contributed by atoms with Crippen LogP contribution >= 0.6 is 11.8 Å². The van der Waals surface area contributed by atoms with Crippen molar-refractivity contribution in [3.05, 3.63) is 90.0 Å². The van der Waals surface area contributed by atoms with E-state index in [-0.39, 0.29) is 39.9 Å². The number of benzene rings is 3. The van der Waals surface area contributed by atoms with E-state index in [0.29, 0.717) is 22.5 Å². The molecular formula is C30H23F5N6O3S. The molecule has 0 spiro atoms. The number of anilines is 1. The van der Waals surface area contributed by atoms with Gasteiger partial charge in [-0.1, -0.05) is 49.9 Å². The molecule has 0 saturated carbocycles. The molecule has 1 aliphatic heterocycles. The Morgan fingerprint density at radius 1 is 1.07 bits per heavy atom. The number of carbonyl (C=O) groups excluding carboxylic acids is 2. The number of rotatable bonds is 7. The van der Waals surface area contributed by atoms with Gasteiger partial charge in [-0.2, -0.15) is 4.99 Å². The van der Waals surface area contributed by atoms with Gasteiger partial charge in [-0.05, 0) is 59.5 Å². The molecule has 5 rings (SSSR count). The van der Waals surface area contributed by atoms with Crippen molar-refractivity contribution in [1.82, 2.24) is 14.8 Å². The summed E-state index contributed by atoms with van der Waals surface area (Å²) in [4.78, 5) is 38.0. The number of thioether (sulfide) groups is 1. The van der Waals surface area contributed by atoms with Crippen molar-refractivity contribution >= 4 is 40.8 Å². The molecule has 0 bridgehead atoms. The molecule has 4 aromatic rings. The first kappa shape index (κ1) is 31.5. The number of hydrogen-bond donors (Lipinski definition) is 0. The highest BCUT2D eigenvalue weighted by molar-refractivity contribution is 8.15. The smallest absolute Gasteiger partial charge is 0.406 e. The predicted molar refractivity (Wildman–Crippen MR) is 159 cm³/mol. The highest BCUT2D eigenvalue weighted by atomic mass is 32.2. The maximum absolute atomic E-state index is 14.9. The number of aromatic nitrogens is 3. The molecule has 9 nitrogen and oxygen atoms in total. The Morgan fingerprint density at radius 3 is 2.44 bits per heavy atom. The van der Waals surface area contributed by atoms with Gasteiger partial charge in [0.25, 0.3) is 0 Å². The van der Waals surface area contributed by atoms with Crippen molar-refractivity contribution < 1.29 is 36.3 Å². The number of ether oxygens (including phenoxy) is 1. The quantitative estimate of drug-likeness (QED) is 0.154. The van der Waals surface area contributed by atoms with Crippen LogP contribution in [0, 0.1) is 5.82 Å². The third-order valence-electron chi connectivity index (χ3n) is 6.44. The molecule has 1 unspecified atom stereocenters. The van der Waals surface area contributed by atoms with Gasteiger partial charge >= 0.3 is 12.4 Å². The molecule has 0 radical (unpaired) electrons. The van der Waals surface area contributed by atoms with E-state index < -0.39 is 24.4 Å². The Morgan fingerprint density at radius 2 is 1.78 bits per heavy atom. The van der Waals surface area contributed by atoms with E-state index in [2.05, 4.69) is 24.8 Å². The van der Waals surface area contributed by atoms with E-state index in [0.717, 1.165) is 30.1 Å². The number of aliphatic imine (C=N–C) groups is 2. The lowest BCUT2D eigenvalue weighted by Gasteiger charge is -2.21. The topological polar surface area (TPSA) is 102 Å². The molecule has 45 heavy (non-hydrogen) atoms. The molecule has 1 atom stereocenters. The average Bonchev–Trinajstić information content (AvgIpc) is 3.63. The second-order valence-corrected chi connectivity index (χ2v) is 10.9. The van der Waals surface area contributed by atoms with Crippen LogP contribution in [0.15, 0.2) is 83.0 Å². The number of carbonyl (C=O) groups is 2. The Balaban J connectivity index is 1.24. The van der Waals surface area contributed by atoms with Crippen LogP contribution < -0.4 is 9.64 Å². The van der Waals surface area contributed by atoms with Crippen LogP contribution in [0.4, 0.5) is 32.4 Å². The van der Waals surface area contributed by atoms with E-state index in [1.807, 2.05) is 13.8 Å². The van der Waals surface area contributed by atoms with E-state index in [4.69, 9.17) is 0 Å². The number of urea groups is 1. The van der Waals surface area contributed by atoms with Crippen LogP contribution in [-0.2, 0) is 4.79 Å². The number of hydrogen-bond acceptors (Lipinski definition) is 6. The zero-order valence-electron chi connectivity index (χ0n) is 23.6. The number of halogens is 5. The summed E-state index contributed by atoms with van der Waals surface area (Å²) >= 11 is 1.02. The van der Waals surface area contributed by atoms with Gasteiger partial charge < -0.3 is 4.74 Å². The fraction of sp³-hybridized carbons (Fsp3) is 0.200. The second kappa shape index (κ2) is 13.0. The average molecular weight is 643 g/mol. The molecule has 232 valence electrons. The minimum Gasteiger partial charge on any atom is -0.406 e. The Hall–Kier alpha value is -4.92. The summed E-state index contributed by atoms with van der Waals surface area (Å²) in [6.45, 7) is 3.69. The number of amidine groups is 1. The summed E-state index contributed by atoms with van der Waals surface area (Å²) in [7, 11) is 0. The fourth-order valence-corrected chi connectivity index (χ4v) is 5.19. The number of alkyl halides is 4. The summed E-state index contributed by atoms with van der Waals surface area (Å²) in [5.41, 5.74) is 2.13. The van der Waals surface area contributed by atoms with Crippen molar-refractivity contribution in [2.45, 2.75) is 32.3 Å². The molecule has 1 fully saturated rings. The third kappa shape index (κ3) is 7.60. The van der Waals surface area contributed by atoms with Gasteiger partial charge in [0.2, 0.25) is 5.91 Å². The fourth-order valence-electron chi connectivity index (χ4n) is 4.34. The summed E-state index contributed by atoms with van der Waals surface area (Å²) < 4.78 is 71.1. The van der Waals surface area contributed by atoms with Gasteiger partial charge in [-0.15, -0.1) is 18.3 Å².